The number of non-ortho nitro benzene ring substituents is 1. The van der Waals surface area contributed by atoms with Gasteiger partial charge in [0.1, 0.15) is 0 Å². The predicted octanol–water partition coefficient (Wildman–Crippen LogP) is 0.991. The second-order valence-electron chi connectivity index (χ2n) is 2.98. The molecule has 0 saturated heterocycles. The molecule has 0 aromatic heterocycles. The highest BCUT2D eigenvalue weighted by Gasteiger charge is 2.16. The van der Waals surface area contributed by atoms with E-state index in [0.717, 1.165) is 24.3 Å². The van der Waals surface area contributed by atoms with E-state index in [-0.39, 0.29) is 16.5 Å². The average molecular weight is 258 g/mol. The molecule has 8 heteroatoms. The highest BCUT2D eigenvalue weighted by atomic mass is 32.2. The van der Waals surface area contributed by atoms with Crippen LogP contribution in [0.1, 0.15) is 0 Å². The molecular formula is C9H10N2O5S. The number of ether oxygens (including phenoxy) is 1. The van der Waals surface area contributed by atoms with Crippen LogP contribution in [-0.4, -0.2) is 20.5 Å². The fourth-order valence-corrected chi connectivity index (χ4v) is 1.99. The van der Waals surface area contributed by atoms with Crippen molar-refractivity contribution in [3.05, 3.63) is 46.8 Å². The van der Waals surface area contributed by atoms with Crippen molar-refractivity contribution in [2.75, 3.05) is 7.11 Å². The number of methoxy groups -OCH3 is 1. The van der Waals surface area contributed by atoms with Gasteiger partial charge in [-0.15, -0.1) is 0 Å². The van der Waals surface area contributed by atoms with E-state index in [9.17, 15) is 18.5 Å². The van der Waals surface area contributed by atoms with Crippen molar-refractivity contribution in [1.29, 1.82) is 0 Å². The first-order chi connectivity index (χ1) is 7.86. The zero-order valence-electron chi connectivity index (χ0n) is 8.91. The largest absolute Gasteiger partial charge is 0.482 e. The molecule has 0 aliphatic heterocycles. The lowest BCUT2D eigenvalue weighted by atomic mass is 10.3. The molecule has 0 amide bonds. The van der Waals surface area contributed by atoms with Crippen LogP contribution in [0.5, 0.6) is 0 Å². The topological polar surface area (TPSA) is 98.5 Å². The zero-order chi connectivity index (χ0) is 13.1. The number of rotatable bonds is 5. The molecule has 0 aliphatic carbocycles. The van der Waals surface area contributed by atoms with E-state index in [1.165, 1.54) is 7.11 Å². The highest BCUT2D eigenvalue weighted by molar-refractivity contribution is 7.89. The van der Waals surface area contributed by atoms with E-state index in [0.29, 0.717) is 0 Å². The van der Waals surface area contributed by atoms with Gasteiger partial charge >= 0.3 is 0 Å². The van der Waals surface area contributed by atoms with E-state index in [1.807, 2.05) is 0 Å². The first-order valence-corrected chi connectivity index (χ1v) is 5.85. The normalized spacial score (nSPS) is 10.6. The maximum absolute atomic E-state index is 11.7. The van der Waals surface area contributed by atoms with E-state index in [1.54, 1.807) is 0 Å². The van der Waals surface area contributed by atoms with E-state index >= 15 is 0 Å². The predicted molar refractivity (Wildman–Crippen MR) is 59.6 cm³/mol. The van der Waals surface area contributed by atoms with Crippen LogP contribution in [0.25, 0.3) is 0 Å². The Hall–Kier alpha value is -2.09. The van der Waals surface area contributed by atoms with Crippen molar-refractivity contribution >= 4 is 15.7 Å². The molecule has 0 atom stereocenters. The van der Waals surface area contributed by atoms with E-state index in [2.05, 4.69) is 16.0 Å². The lowest BCUT2D eigenvalue weighted by Gasteiger charge is -2.08. The van der Waals surface area contributed by atoms with Crippen molar-refractivity contribution in [3.63, 3.8) is 0 Å². The van der Waals surface area contributed by atoms with Crippen molar-refractivity contribution in [2.24, 2.45) is 0 Å². The summed E-state index contributed by atoms with van der Waals surface area (Å²) >= 11 is 0. The fourth-order valence-electron chi connectivity index (χ4n) is 0.997. The molecule has 0 spiro atoms. The Morgan fingerprint density at radius 2 is 1.94 bits per heavy atom. The number of sulfonamides is 1. The standard InChI is InChI=1S/C9H10N2O5S/c1-7(16-2)10-17(14,15)9-5-3-8(4-6-9)11(12)13/h3-6,10H,1H2,2H3. The summed E-state index contributed by atoms with van der Waals surface area (Å²) in [6, 6.07) is 4.46. The van der Waals surface area contributed by atoms with Crippen LogP contribution in [0.2, 0.25) is 0 Å². The summed E-state index contributed by atoms with van der Waals surface area (Å²) in [6.07, 6.45) is 0. The lowest BCUT2D eigenvalue weighted by molar-refractivity contribution is -0.384. The molecule has 0 heterocycles. The molecule has 0 bridgehead atoms. The van der Waals surface area contributed by atoms with Gasteiger partial charge in [0.05, 0.1) is 16.9 Å². The molecule has 17 heavy (non-hydrogen) atoms. The third kappa shape index (κ3) is 3.18. The van der Waals surface area contributed by atoms with Crippen LogP contribution < -0.4 is 4.72 Å². The van der Waals surface area contributed by atoms with Crippen LogP contribution >= 0.6 is 0 Å². The summed E-state index contributed by atoms with van der Waals surface area (Å²) in [6.45, 7) is 3.31. The second-order valence-corrected chi connectivity index (χ2v) is 4.67. The van der Waals surface area contributed by atoms with Gasteiger partial charge in [0.25, 0.3) is 15.7 Å². The zero-order valence-corrected chi connectivity index (χ0v) is 9.73. The molecule has 92 valence electrons. The molecule has 7 nitrogen and oxygen atoms in total. The van der Waals surface area contributed by atoms with Gasteiger partial charge < -0.3 is 4.74 Å². The molecule has 1 N–H and O–H groups in total. The Balaban J connectivity index is 3.00. The minimum absolute atomic E-state index is 0.110. The van der Waals surface area contributed by atoms with Crippen molar-refractivity contribution in [1.82, 2.24) is 4.72 Å². The van der Waals surface area contributed by atoms with Crippen LogP contribution in [0, 0.1) is 10.1 Å². The van der Waals surface area contributed by atoms with Crippen LogP contribution in [0.15, 0.2) is 41.6 Å². The molecule has 1 aromatic carbocycles. The summed E-state index contributed by atoms with van der Waals surface area (Å²) < 4.78 is 30.0. The molecule has 0 fully saturated rings. The van der Waals surface area contributed by atoms with Gasteiger partial charge in [-0.3, -0.25) is 14.8 Å². The Labute approximate surface area is 97.9 Å². The number of nitro groups is 1. The number of nitrogens with zero attached hydrogens (tertiary/aromatic N) is 1. The third-order valence-electron chi connectivity index (χ3n) is 1.85. The van der Waals surface area contributed by atoms with Gasteiger partial charge in [-0.05, 0) is 18.7 Å². The minimum Gasteiger partial charge on any atom is -0.482 e. The van der Waals surface area contributed by atoms with Crippen LogP contribution in [0.4, 0.5) is 5.69 Å². The number of nitrogens with one attached hydrogen (secondary N) is 1. The Kier molecular flexibility index (Phi) is 3.69. The first kappa shape index (κ1) is 13.0. The Morgan fingerprint density at radius 1 is 1.41 bits per heavy atom. The van der Waals surface area contributed by atoms with Gasteiger partial charge in [0, 0.05) is 12.1 Å². The molecule has 0 radical (unpaired) electrons. The lowest BCUT2D eigenvalue weighted by Crippen LogP contribution is -2.23. The molecule has 1 rings (SSSR count). The Morgan fingerprint density at radius 3 is 2.35 bits per heavy atom. The van der Waals surface area contributed by atoms with Gasteiger partial charge in [-0.25, -0.2) is 8.42 Å². The van der Waals surface area contributed by atoms with E-state index in [4.69, 9.17) is 0 Å². The van der Waals surface area contributed by atoms with Crippen molar-refractivity contribution < 1.29 is 18.1 Å². The SMILES string of the molecule is C=C(NS(=O)(=O)c1ccc([N+](=O)[O-])cc1)OC. The fraction of sp³-hybridized carbons (Fsp3) is 0.111. The summed E-state index contributed by atoms with van der Waals surface area (Å²) in [5.74, 6) is -0.136. The summed E-state index contributed by atoms with van der Waals surface area (Å²) in [7, 11) is -2.55. The van der Waals surface area contributed by atoms with Gasteiger partial charge in [0.15, 0.2) is 5.88 Å². The molecule has 0 aliphatic rings. The third-order valence-corrected chi connectivity index (χ3v) is 3.24. The number of nitro benzene ring substituents is 1. The van der Waals surface area contributed by atoms with Crippen LogP contribution in [-0.2, 0) is 14.8 Å². The summed E-state index contributed by atoms with van der Waals surface area (Å²) in [5.41, 5.74) is -0.186. The average Bonchev–Trinajstić information content (AvgIpc) is 2.28. The maximum atomic E-state index is 11.7. The molecule has 1 aromatic rings. The van der Waals surface area contributed by atoms with Crippen LogP contribution in [0.3, 0.4) is 0 Å². The molecule has 0 saturated carbocycles. The summed E-state index contributed by atoms with van der Waals surface area (Å²) in [5, 5.41) is 10.4. The number of hydrogen-bond acceptors (Lipinski definition) is 5. The van der Waals surface area contributed by atoms with Gasteiger partial charge in [-0.2, -0.15) is 0 Å². The second kappa shape index (κ2) is 4.83. The number of benzene rings is 1. The minimum atomic E-state index is -3.81. The molecular weight excluding hydrogens is 248 g/mol. The quantitative estimate of drug-likeness (QED) is 0.482. The van der Waals surface area contributed by atoms with Crippen molar-refractivity contribution in [2.45, 2.75) is 4.90 Å². The van der Waals surface area contributed by atoms with Crippen molar-refractivity contribution in [3.8, 4) is 0 Å². The first-order valence-electron chi connectivity index (χ1n) is 4.37. The van der Waals surface area contributed by atoms with E-state index < -0.39 is 14.9 Å². The number of hydrogen-bond donors (Lipinski definition) is 1. The van der Waals surface area contributed by atoms with Gasteiger partial charge in [0.2, 0.25) is 0 Å². The highest BCUT2D eigenvalue weighted by Crippen LogP contribution is 2.16. The monoisotopic (exact) mass is 258 g/mol. The van der Waals surface area contributed by atoms with Gasteiger partial charge in [-0.1, -0.05) is 0 Å². The maximum Gasteiger partial charge on any atom is 0.269 e. The summed E-state index contributed by atoms with van der Waals surface area (Å²) in [4.78, 5) is 9.67. The molecule has 0 unspecified atom stereocenters. The smallest absolute Gasteiger partial charge is 0.269 e. The Bertz CT molecular complexity index is 535.